The van der Waals surface area contributed by atoms with Crippen LogP contribution in [0, 0.1) is 13.8 Å². The molecule has 0 amide bonds. The number of carbonyl (C=O) groups is 1. The van der Waals surface area contributed by atoms with Crippen molar-refractivity contribution in [1.82, 2.24) is 4.90 Å². The van der Waals surface area contributed by atoms with Crippen LogP contribution in [0.2, 0.25) is 0 Å². The van der Waals surface area contributed by atoms with E-state index in [1.54, 1.807) is 13.2 Å². The van der Waals surface area contributed by atoms with Crippen molar-refractivity contribution in [3.05, 3.63) is 71.4 Å². The Morgan fingerprint density at radius 2 is 1.69 bits per heavy atom. The Morgan fingerprint density at radius 1 is 1.00 bits per heavy atom. The van der Waals surface area contributed by atoms with E-state index in [0.29, 0.717) is 0 Å². The Morgan fingerprint density at radius 3 is 2.31 bits per heavy atom. The molecular formula is C22H26N2O2. The normalized spacial score (nSPS) is 14.7. The number of anilines is 1. The standard InChI is InChI=1S/C22H26N2O2/c1-17-4-9-21(18(2)16-17)22(25)10-11-23-12-14-24(15-13-23)19-5-7-20(26-3)8-6-19/h4-11,16H,12-15H2,1-3H3/b11-10+. The lowest BCUT2D eigenvalue weighted by molar-refractivity contribution is 0.104. The predicted octanol–water partition coefficient (Wildman–Crippen LogP) is 3.83. The summed E-state index contributed by atoms with van der Waals surface area (Å²) < 4.78 is 5.21. The fourth-order valence-electron chi connectivity index (χ4n) is 3.28. The maximum atomic E-state index is 12.4. The third-order valence-corrected chi connectivity index (χ3v) is 4.84. The van der Waals surface area contributed by atoms with E-state index in [9.17, 15) is 4.79 Å². The predicted molar refractivity (Wildman–Crippen MR) is 106 cm³/mol. The number of piperazine rings is 1. The van der Waals surface area contributed by atoms with Crippen molar-refractivity contribution < 1.29 is 9.53 Å². The Labute approximate surface area is 155 Å². The van der Waals surface area contributed by atoms with Crippen LogP contribution < -0.4 is 9.64 Å². The molecule has 0 unspecified atom stereocenters. The molecule has 1 saturated heterocycles. The molecule has 0 radical (unpaired) electrons. The van der Waals surface area contributed by atoms with Crippen molar-refractivity contribution in [1.29, 1.82) is 0 Å². The average Bonchev–Trinajstić information content (AvgIpc) is 2.66. The molecule has 1 heterocycles. The van der Waals surface area contributed by atoms with Crippen LogP contribution in [0.25, 0.3) is 0 Å². The monoisotopic (exact) mass is 350 g/mol. The lowest BCUT2D eigenvalue weighted by atomic mass is 10.0. The maximum absolute atomic E-state index is 12.4. The van der Waals surface area contributed by atoms with Gasteiger partial charge in [-0.3, -0.25) is 4.79 Å². The smallest absolute Gasteiger partial charge is 0.187 e. The maximum Gasteiger partial charge on any atom is 0.187 e. The number of hydrogen-bond acceptors (Lipinski definition) is 4. The molecule has 4 heteroatoms. The molecule has 0 aliphatic carbocycles. The highest BCUT2D eigenvalue weighted by Crippen LogP contribution is 2.20. The van der Waals surface area contributed by atoms with E-state index in [1.165, 1.54) is 11.3 Å². The quantitative estimate of drug-likeness (QED) is 0.606. The van der Waals surface area contributed by atoms with Crippen molar-refractivity contribution in [3.8, 4) is 5.75 Å². The first-order valence-corrected chi connectivity index (χ1v) is 8.99. The van der Waals surface area contributed by atoms with Crippen molar-refractivity contribution in [3.63, 3.8) is 0 Å². The van der Waals surface area contributed by atoms with Gasteiger partial charge in [0.2, 0.25) is 0 Å². The van der Waals surface area contributed by atoms with Crippen LogP contribution in [-0.4, -0.2) is 44.0 Å². The molecule has 3 rings (SSSR count). The number of rotatable bonds is 5. The van der Waals surface area contributed by atoms with Gasteiger partial charge in [-0.25, -0.2) is 0 Å². The summed E-state index contributed by atoms with van der Waals surface area (Å²) in [6, 6.07) is 14.1. The molecule has 0 atom stereocenters. The third kappa shape index (κ3) is 4.26. The molecule has 26 heavy (non-hydrogen) atoms. The van der Waals surface area contributed by atoms with Gasteiger partial charge in [-0.1, -0.05) is 23.8 Å². The lowest BCUT2D eigenvalue weighted by Crippen LogP contribution is -2.44. The van der Waals surface area contributed by atoms with Crippen molar-refractivity contribution in [2.75, 3.05) is 38.2 Å². The van der Waals surface area contributed by atoms with Gasteiger partial charge in [0.1, 0.15) is 5.75 Å². The number of carbonyl (C=O) groups excluding carboxylic acids is 1. The number of aryl methyl sites for hydroxylation is 2. The van der Waals surface area contributed by atoms with Crippen LogP contribution in [0.4, 0.5) is 5.69 Å². The van der Waals surface area contributed by atoms with Crippen LogP contribution in [0.15, 0.2) is 54.7 Å². The van der Waals surface area contributed by atoms with Gasteiger partial charge in [0, 0.05) is 49.7 Å². The Bertz CT molecular complexity index is 788. The fraction of sp³-hybridized carbons (Fsp3) is 0.318. The SMILES string of the molecule is COc1ccc(N2CCN(/C=C/C(=O)c3ccc(C)cc3C)CC2)cc1. The molecule has 0 bridgehead atoms. The highest BCUT2D eigenvalue weighted by atomic mass is 16.5. The minimum atomic E-state index is 0.0695. The second-order valence-corrected chi connectivity index (χ2v) is 6.72. The summed E-state index contributed by atoms with van der Waals surface area (Å²) in [5.74, 6) is 0.945. The molecule has 0 spiro atoms. The largest absolute Gasteiger partial charge is 0.497 e. The van der Waals surface area contributed by atoms with E-state index < -0.39 is 0 Å². The number of nitrogens with zero attached hydrogens (tertiary/aromatic N) is 2. The number of methoxy groups -OCH3 is 1. The molecule has 0 saturated carbocycles. The van der Waals surface area contributed by atoms with Crippen LogP contribution in [0.3, 0.4) is 0 Å². The molecule has 1 aliphatic heterocycles. The molecular weight excluding hydrogens is 324 g/mol. The first-order valence-electron chi connectivity index (χ1n) is 8.99. The first-order chi connectivity index (χ1) is 12.6. The van der Waals surface area contributed by atoms with Crippen LogP contribution >= 0.6 is 0 Å². The number of ketones is 1. The van der Waals surface area contributed by atoms with Gasteiger partial charge < -0.3 is 14.5 Å². The minimum absolute atomic E-state index is 0.0695. The van der Waals surface area contributed by atoms with Crippen molar-refractivity contribution >= 4 is 11.5 Å². The van der Waals surface area contributed by atoms with Crippen molar-refractivity contribution in [2.45, 2.75) is 13.8 Å². The van der Waals surface area contributed by atoms with E-state index >= 15 is 0 Å². The highest BCUT2D eigenvalue weighted by molar-refractivity contribution is 6.05. The van der Waals surface area contributed by atoms with Gasteiger partial charge in [-0.05, 0) is 43.7 Å². The summed E-state index contributed by atoms with van der Waals surface area (Å²) in [6.45, 7) is 7.72. The Hall–Kier alpha value is -2.75. The molecule has 4 nitrogen and oxygen atoms in total. The molecule has 0 N–H and O–H groups in total. The van der Waals surface area contributed by atoms with E-state index in [-0.39, 0.29) is 5.78 Å². The summed E-state index contributed by atoms with van der Waals surface area (Å²) in [5, 5.41) is 0. The molecule has 136 valence electrons. The zero-order valence-electron chi connectivity index (χ0n) is 15.7. The van der Waals surface area contributed by atoms with Crippen LogP contribution in [-0.2, 0) is 0 Å². The summed E-state index contributed by atoms with van der Waals surface area (Å²) in [7, 11) is 1.68. The van der Waals surface area contributed by atoms with Gasteiger partial charge in [0.25, 0.3) is 0 Å². The molecule has 2 aromatic rings. The van der Waals surface area contributed by atoms with Gasteiger partial charge in [-0.2, -0.15) is 0 Å². The molecule has 1 fully saturated rings. The summed E-state index contributed by atoms with van der Waals surface area (Å²) in [4.78, 5) is 17.0. The third-order valence-electron chi connectivity index (χ3n) is 4.84. The second kappa shape index (κ2) is 8.09. The number of benzene rings is 2. The Balaban J connectivity index is 1.56. The minimum Gasteiger partial charge on any atom is -0.497 e. The molecule has 2 aromatic carbocycles. The highest BCUT2D eigenvalue weighted by Gasteiger charge is 2.15. The molecule has 0 aromatic heterocycles. The van der Waals surface area contributed by atoms with Crippen LogP contribution in [0.5, 0.6) is 5.75 Å². The number of allylic oxidation sites excluding steroid dienone is 1. The van der Waals surface area contributed by atoms with Gasteiger partial charge >= 0.3 is 0 Å². The first kappa shape index (κ1) is 18.1. The Kier molecular flexibility index (Phi) is 5.61. The van der Waals surface area contributed by atoms with E-state index in [1.807, 2.05) is 44.3 Å². The van der Waals surface area contributed by atoms with E-state index in [4.69, 9.17) is 4.74 Å². The summed E-state index contributed by atoms with van der Waals surface area (Å²) in [5.41, 5.74) is 4.20. The molecule has 1 aliphatic rings. The van der Waals surface area contributed by atoms with E-state index in [2.05, 4.69) is 28.0 Å². The number of hydrogen-bond donors (Lipinski definition) is 0. The van der Waals surface area contributed by atoms with Crippen LogP contribution in [0.1, 0.15) is 21.5 Å². The average molecular weight is 350 g/mol. The zero-order valence-corrected chi connectivity index (χ0v) is 15.7. The van der Waals surface area contributed by atoms with Gasteiger partial charge in [-0.15, -0.1) is 0 Å². The fourth-order valence-corrected chi connectivity index (χ4v) is 3.28. The number of ether oxygens (including phenoxy) is 1. The van der Waals surface area contributed by atoms with Gasteiger partial charge in [0.05, 0.1) is 7.11 Å². The summed E-state index contributed by atoms with van der Waals surface area (Å²) in [6.07, 6.45) is 3.63. The topological polar surface area (TPSA) is 32.8 Å². The van der Waals surface area contributed by atoms with Crippen molar-refractivity contribution in [2.24, 2.45) is 0 Å². The lowest BCUT2D eigenvalue weighted by Gasteiger charge is -2.35. The zero-order chi connectivity index (χ0) is 18.5. The summed E-state index contributed by atoms with van der Waals surface area (Å²) >= 11 is 0. The van der Waals surface area contributed by atoms with Gasteiger partial charge in [0.15, 0.2) is 5.78 Å². The van der Waals surface area contributed by atoms with E-state index in [0.717, 1.165) is 43.1 Å². The second-order valence-electron chi connectivity index (χ2n) is 6.72.